The van der Waals surface area contributed by atoms with Gasteiger partial charge in [-0.2, -0.15) is 0 Å². The van der Waals surface area contributed by atoms with Crippen molar-refractivity contribution in [2.45, 2.75) is 57.3 Å². The molecule has 0 aliphatic carbocycles. The molecule has 0 aromatic heterocycles. The SMILES string of the molecule is CC[C@]1(C)C[C@@](O)(CCNCc2ccccc2)CCO1. The lowest BCUT2D eigenvalue weighted by atomic mass is 9.80. The molecule has 1 aromatic rings. The van der Waals surface area contributed by atoms with Crippen LogP contribution >= 0.6 is 0 Å². The molecule has 1 aliphatic rings. The van der Waals surface area contributed by atoms with Gasteiger partial charge in [0.05, 0.1) is 17.8 Å². The summed E-state index contributed by atoms with van der Waals surface area (Å²) in [6, 6.07) is 10.4. The normalized spacial score (nSPS) is 30.4. The van der Waals surface area contributed by atoms with Crippen LogP contribution in [0.25, 0.3) is 0 Å². The van der Waals surface area contributed by atoms with Gasteiger partial charge in [-0.05, 0) is 38.3 Å². The van der Waals surface area contributed by atoms with Gasteiger partial charge in [-0.25, -0.2) is 0 Å². The van der Waals surface area contributed by atoms with Gasteiger partial charge in [-0.3, -0.25) is 0 Å². The van der Waals surface area contributed by atoms with Crippen molar-refractivity contribution in [2.24, 2.45) is 0 Å². The molecule has 1 heterocycles. The van der Waals surface area contributed by atoms with Crippen LogP contribution in [0.1, 0.15) is 45.1 Å². The van der Waals surface area contributed by atoms with Gasteiger partial charge in [0, 0.05) is 13.0 Å². The summed E-state index contributed by atoms with van der Waals surface area (Å²) >= 11 is 0. The molecule has 0 spiro atoms. The van der Waals surface area contributed by atoms with Crippen molar-refractivity contribution in [1.29, 1.82) is 0 Å². The molecular weight excluding hydrogens is 250 g/mol. The molecule has 1 aromatic carbocycles. The third kappa shape index (κ3) is 4.30. The van der Waals surface area contributed by atoms with Gasteiger partial charge in [0.15, 0.2) is 0 Å². The predicted octanol–water partition coefficient (Wildman–Crippen LogP) is 2.88. The number of nitrogens with one attached hydrogen (secondary N) is 1. The molecule has 0 radical (unpaired) electrons. The van der Waals surface area contributed by atoms with E-state index in [4.69, 9.17) is 4.74 Å². The maximum absolute atomic E-state index is 10.7. The largest absolute Gasteiger partial charge is 0.390 e. The summed E-state index contributed by atoms with van der Waals surface area (Å²) in [5.41, 5.74) is 0.545. The Morgan fingerprint density at radius 2 is 2.05 bits per heavy atom. The molecule has 0 unspecified atom stereocenters. The van der Waals surface area contributed by atoms with E-state index in [1.54, 1.807) is 0 Å². The second kappa shape index (κ2) is 6.70. The number of rotatable bonds is 6. The van der Waals surface area contributed by atoms with Crippen molar-refractivity contribution in [3.8, 4) is 0 Å². The molecule has 20 heavy (non-hydrogen) atoms. The van der Waals surface area contributed by atoms with E-state index in [9.17, 15) is 5.11 Å². The van der Waals surface area contributed by atoms with Crippen molar-refractivity contribution in [1.82, 2.24) is 5.32 Å². The lowest BCUT2D eigenvalue weighted by molar-refractivity contribution is -0.155. The molecule has 1 saturated heterocycles. The van der Waals surface area contributed by atoms with Crippen molar-refractivity contribution >= 4 is 0 Å². The first-order valence-electron chi connectivity index (χ1n) is 7.66. The van der Waals surface area contributed by atoms with Crippen molar-refractivity contribution in [3.63, 3.8) is 0 Å². The van der Waals surface area contributed by atoms with Crippen LogP contribution in [0, 0.1) is 0 Å². The van der Waals surface area contributed by atoms with Gasteiger partial charge in [-0.15, -0.1) is 0 Å². The molecule has 0 saturated carbocycles. The number of ether oxygens (including phenoxy) is 1. The van der Waals surface area contributed by atoms with Gasteiger partial charge < -0.3 is 15.2 Å². The first-order valence-corrected chi connectivity index (χ1v) is 7.66. The van der Waals surface area contributed by atoms with E-state index in [-0.39, 0.29) is 5.60 Å². The highest BCUT2D eigenvalue weighted by atomic mass is 16.5. The molecule has 3 heteroatoms. The summed E-state index contributed by atoms with van der Waals surface area (Å²) in [6.45, 7) is 6.59. The Bertz CT molecular complexity index is 409. The average Bonchev–Trinajstić information content (AvgIpc) is 2.45. The lowest BCUT2D eigenvalue weighted by Gasteiger charge is -2.43. The highest BCUT2D eigenvalue weighted by molar-refractivity contribution is 5.14. The molecule has 2 N–H and O–H groups in total. The van der Waals surface area contributed by atoms with Gasteiger partial charge in [-0.1, -0.05) is 37.3 Å². The predicted molar refractivity (Wildman–Crippen MR) is 81.6 cm³/mol. The molecule has 2 rings (SSSR count). The fourth-order valence-corrected chi connectivity index (χ4v) is 2.91. The Balaban J connectivity index is 1.75. The first-order chi connectivity index (χ1) is 9.55. The average molecular weight is 277 g/mol. The van der Waals surface area contributed by atoms with E-state index in [0.29, 0.717) is 6.61 Å². The third-order valence-corrected chi connectivity index (χ3v) is 4.41. The Labute approximate surface area is 122 Å². The summed E-state index contributed by atoms with van der Waals surface area (Å²) in [7, 11) is 0. The number of aliphatic hydroxyl groups is 1. The summed E-state index contributed by atoms with van der Waals surface area (Å²) in [5, 5.41) is 14.1. The van der Waals surface area contributed by atoms with Crippen LogP contribution in [0.15, 0.2) is 30.3 Å². The smallest absolute Gasteiger partial charge is 0.0709 e. The monoisotopic (exact) mass is 277 g/mol. The van der Waals surface area contributed by atoms with Gasteiger partial charge in [0.1, 0.15) is 0 Å². The fraction of sp³-hybridized carbons (Fsp3) is 0.647. The minimum absolute atomic E-state index is 0.160. The maximum Gasteiger partial charge on any atom is 0.0709 e. The Hall–Kier alpha value is -0.900. The van der Waals surface area contributed by atoms with Gasteiger partial charge in [0.2, 0.25) is 0 Å². The topological polar surface area (TPSA) is 41.5 Å². The minimum Gasteiger partial charge on any atom is -0.390 e. The molecule has 0 amide bonds. The van der Waals surface area contributed by atoms with Crippen LogP contribution in [0.2, 0.25) is 0 Å². The van der Waals surface area contributed by atoms with Gasteiger partial charge in [0.25, 0.3) is 0 Å². The highest BCUT2D eigenvalue weighted by Gasteiger charge is 2.40. The zero-order chi connectivity index (χ0) is 14.5. The number of hydrogen-bond acceptors (Lipinski definition) is 3. The van der Waals surface area contributed by atoms with E-state index in [1.807, 2.05) is 6.07 Å². The minimum atomic E-state index is -0.577. The maximum atomic E-state index is 10.7. The van der Waals surface area contributed by atoms with Crippen molar-refractivity contribution in [2.75, 3.05) is 13.2 Å². The van der Waals surface area contributed by atoms with E-state index in [2.05, 4.69) is 43.4 Å². The van der Waals surface area contributed by atoms with Crippen LogP contribution in [0.5, 0.6) is 0 Å². The molecule has 112 valence electrons. The summed E-state index contributed by atoms with van der Waals surface area (Å²) in [5.74, 6) is 0. The van der Waals surface area contributed by atoms with E-state index in [0.717, 1.165) is 38.8 Å². The standard InChI is InChI=1S/C17H27NO2/c1-3-16(2)14-17(19,10-12-20-16)9-11-18-13-15-7-5-4-6-8-15/h4-8,18-19H,3,9-14H2,1-2H3/t16-,17-/m1/s1. The zero-order valence-corrected chi connectivity index (χ0v) is 12.7. The van der Waals surface area contributed by atoms with E-state index < -0.39 is 5.60 Å². The molecule has 0 bridgehead atoms. The van der Waals surface area contributed by atoms with Crippen LogP contribution in [-0.2, 0) is 11.3 Å². The molecular formula is C17H27NO2. The number of hydrogen-bond donors (Lipinski definition) is 2. The Morgan fingerprint density at radius 3 is 2.75 bits per heavy atom. The third-order valence-electron chi connectivity index (χ3n) is 4.41. The second-order valence-corrected chi connectivity index (χ2v) is 6.22. The van der Waals surface area contributed by atoms with E-state index >= 15 is 0 Å². The molecule has 1 fully saturated rings. The van der Waals surface area contributed by atoms with Gasteiger partial charge >= 0.3 is 0 Å². The lowest BCUT2D eigenvalue weighted by Crippen LogP contribution is -2.48. The first kappa shape index (κ1) is 15.5. The molecule has 2 atom stereocenters. The van der Waals surface area contributed by atoms with Crippen LogP contribution in [0.4, 0.5) is 0 Å². The summed E-state index contributed by atoms with van der Waals surface area (Å²) < 4.78 is 5.81. The molecule has 1 aliphatic heterocycles. The summed E-state index contributed by atoms with van der Waals surface area (Å²) in [4.78, 5) is 0. The van der Waals surface area contributed by atoms with Crippen LogP contribution in [0.3, 0.4) is 0 Å². The summed E-state index contributed by atoms with van der Waals surface area (Å²) in [6.07, 6.45) is 3.23. The Morgan fingerprint density at radius 1 is 1.30 bits per heavy atom. The number of benzene rings is 1. The highest BCUT2D eigenvalue weighted by Crippen LogP contribution is 2.36. The van der Waals surface area contributed by atoms with Crippen molar-refractivity contribution in [3.05, 3.63) is 35.9 Å². The second-order valence-electron chi connectivity index (χ2n) is 6.22. The van der Waals surface area contributed by atoms with E-state index in [1.165, 1.54) is 5.56 Å². The Kier molecular flexibility index (Phi) is 5.19. The molecule has 3 nitrogen and oxygen atoms in total. The fourth-order valence-electron chi connectivity index (χ4n) is 2.91. The zero-order valence-electron chi connectivity index (χ0n) is 12.7. The van der Waals surface area contributed by atoms with Crippen LogP contribution < -0.4 is 5.32 Å². The quantitative estimate of drug-likeness (QED) is 0.786. The van der Waals surface area contributed by atoms with Crippen molar-refractivity contribution < 1.29 is 9.84 Å². The van der Waals surface area contributed by atoms with Crippen LogP contribution in [-0.4, -0.2) is 29.5 Å².